The number of phenols is 2. The Morgan fingerprint density at radius 3 is 2.29 bits per heavy atom. The number of carbonyl (C=O) groups excluding carboxylic acids is 1. The lowest BCUT2D eigenvalue weighted by molar-refractivity contribution is -0.152. The van der Waals surface area contributed by atoms with E-state index in [1.807, 2.05) is 26.8 Å². The first-order valence-corrected chi connectivity index (χ1v) is 15.3. The Morgan fingerprint density at radius 2 is 1.73 bits per heavy atom. The number of carbonyl (C=O) groups is 1. The van der Waals surface area contributed by atoms with Crippen LogP contribution in [-0.2, 0) is 14.9 Å². The van der Waals surface area contributed by atoms with E-state index in [0.717, 1.165) is 48.8 Å². The highest BCUT2D eigenvalue weighted by molar-refractivity contribution is 5.75. The van der Waals surface area contributed by atoms with Crippen molar-refractivity contribution in [2.24, 2.45) is 22.7 Å². The molecule has 0 amide bonds. The molecular weight excluding hydrogens is 515 g/mol. The molecule has 3 aliphatic rings. The van der Waals surface area contributed by atoms with Crippen molar-refractivity contribution in [3.05, 3.63) is 70.6 Å². The van der Waals surface area contributed by atoms with Crippen LogP contribution in [0, 0.1) is 28.5 Å². The third-order valence-electron chi connectivity index (χ3n) is 10.0. The summed E-state index contributed by atoms with van der Waals surface area (Å²) in [5.74, 6) is 0.0701. The van der Waals surface area contributed by atoms with Crippen molar-refractivity contribution in [1.29, 1.82) is 0 Å². The third-order valence-corrected chi connectivity index (χ3v) is 10.0. The number of benzene rings is 2. The molecule has 2 aromatic rings. The molecule has 1 fully saturated rings. The highest BCUT2D eigenvalue weighted by Gasteiger charge is 2.56. The van der Waals surface area contributed by atoms with Gasteiger partial charge in [0.25, 0.3) is 0 Å². The van der Waals surface area contributed by atoms with E-state index in [0.29, 0.717) is 11.5 Å². The largest absolute Gasteiger partial charge is 0.507 e. The molecule has 0 radical (unpaired) electrons. The second kappa shape index (κ2) is 11.5. The SMILES string of the molecule is CCCCC[C@H](c1cccc(F)c1)C(C)(C)c1cc(O)c([C@H]2C=C(COC(=O)C(C)(C)C)[C@H]3C[C@@H]2C3(C)C)c(O)c1. The van der Waals surface area contributed by atoms with Gasteiger partial charge < -0.3 is 14.9 Å². The van der Waals surface area contributed by atoms with Crippen LogP contribution in [0.4, 0.5) is 4.39 Å². The summed E-state index contributed by atoms with van der Waals surface area (Å²) in [6.45, 7) is 16.6. The van der Waals surface area contributed by atoms with Crippen LogP contribution in [0.5, 0.6) is 11.5 Å². The maximum absolute atomic E-state index is 14.3. The Labute approximate surface area is 246 Å². The van der Waals surface area contributed by atoms with E-state index >= 15 is 0 Å². The van der Waals surface area contributed by atoms with Gasteiger partial charge in [-0.1, -0.05) is 72.1 Å². The number of unbranched alkanes of at least 4 members (excludes halogenated alkanes) is 2. The number of hydrogen-bond acceptors (Lipinski definition) is 4. The molecule has 41 heavy (non-hydrogen) atoms. The Kier molecular flexibility index (Phi) is 8.70. The third kappa shape index (κ3) is 6.05. The Hall–Kier alpha value is -2.82. The topological polar surface area (TPSA) is 66.8 Å². The molecule has 5 rings (SSSR count). The fourth-order valence-corrected chi connectivity index (χ4v) is 7.26. The van der Waals surface area contributed by atoms with Crippen molar-refractivity contribution in [1.82, 2.24) is 0 Å². The zero-order chi connectivity index (χ0) is 30.3. The second-order valence-electron chi connectivity index (χ2n) is 14.6. The molecule has 2 bridgehead atoms. The lowest BCUT2D eigenvalue weighted by Gasteiger charge is -2.59. The molecule has 0 spiro atoms. The van der Waals surface area contributed by atoms with Gasteiger partial charge in [-0.3, -0.25) is 4.79 Å². The van der Waals surface area contributed by atoms with E-state index in [1.165, 1.54) is 6.07 Å². The smallest absolute Gasteiger partial charge is 0.311 e. The van der Waals surface area contributed by atoms with Gasteiger partial charge in [-0.25, -0.2) is 4.39 Å². The van der Waals surface area contributed by atoms with Crippen LogP contribution < -0.4 is 0 Å². The van der Waals surface area contributed by atoms with Gasteiger partial charge in [0.1, 0.15) is 23.9 Å². The van der Waals surface area contributed by atoms with Crippen LogP contribution in [0.15, 0.2) is 48.0 Å². The van der Waals surface area contributed by atoms with E-state index < -0.39 is 10.8 Å². The minimum atomic E-state index is -0.578. The molecule has 4 nitrogen and oxygen atoms in total. The molecule has 0 aromatic heterocycles. The zero-order valence-electron chi connectivity index (χ0n) is 26.2. The van der Waals surface area contributed by atoms with Gasteiger partial charge in [0, 0.05) is 11.5 Å². The van der Waals surface area contributed by atoms with E-state index in [2.05, 4.69) is 40.7 Å². The van der Waals surface area contributed by atoms with Crippen LogP contribution in [0.3, 0.4) is 0 Å². The molecule has 0 aliphatic heterocycles. The van der Waals surface area contributed by atoms with Gasteiger partial charge in [0.2, 0.25) is 0 Å². The first-order chi connectivity index (χ1) is 19.1. The Morgan fingerprint density at radius 1 is 1.07 bits per heavy atom. The van der Waals surface area contributed by atoms with Gasteiger partial charge in [0.15, 0.2) is 0 Å². The standard InChI is InChI=1S/C36H49FO4/c1-9-10-11-15-27(22-13-12-14-25(37)16-22)35(5,6)24-18-30(38)32(31(39)19-24)26-17-23(21-41-33(40)34(2,3)4)28-20-29(26)36(28,7)8/h12-14,16-19,26-29,38-39H,9-11,15,20-21H2,1-8H3/t26-,27+,28+,29-/m0/s1. The number of halogens is 1. The minimum absolute atomic E-state index is 0.0133. The van der Waals surface area contributed by atoms with Crippen LogP contribution in [-0.4, -0.2) is 22.8 Å². The average molecular weight is 565 g/mol. The number of hydrogen-bond donors (Lipinski definition) is 2. The molecule has 2 N–H and O–H groups in total. The van der Waals surface area contributed by atoms with E-state index in [9.17, 15) is 19.4 Å². The van der Waals surface area contributed by atoms with Crippen molar-refractivity contribution < 1.29 is 24.1 Å². The molecule has 1 saturated carbocycles. The summed E-state index contributed by atoms with van der Waals surface area (Å²) < 4.78 is 20.0. The highest BCUT2D eigenvalue weighted by Crippen LogP contribution is 2.65. The summed E-state index contributed by atoms with van der Waals surface area (Å²) in [5, 5.41) is 23.0. The number of esters is 1. The summed E-state index contributed by atoms with van der Waals surface area (Å²) in [4.78, 5) is 12.5. The summed E-state index contributed by atoms with van der Waals surface area (Å²) in [7, 11) is 0. The van der Waals surface area contributed by atoms with Crippen molar-refractivity contribution >= 4 is 5.97 Å². The lowest BCUT2D eigenvalue weighted by atomic mass is 9.45. The molecule has 0 unspecified atom stereocenters. The maximum Gasteiger partial charge on any atom is 0.311 e. The number of ether oxygens (including phenoxy) is 1. The predicted molar refractivity (Wildman–Crippen MR) is 163 cm³/mol. The van der Waals surface area contributed by atoms with Crippen molar-refractivity contribution in [2.45, 2.75) is 105 Å². The lowest BCUT2D eigenvalue weighted by Crippen LogP contribution is -2.52. The monoisotopic (exact) mass is 564 g/mol. The number of aromatic hydroxyl groups is 2. The molecule has 0 saturated heterocycles. The van der Waals surface area contributed by atoms with Crippen LogP contribution in [0.1, 0.15) is 116 Å². The number of rotatable bonds is 10. The number of fused-ring (bicyclic) bond motifs is 1. The van der Waals surface area contributed by atoms with Gasteiger partial charge in [-0.2, -0.15) is 0 Å². The molecule has 2 aromatic carbocycles. The Balaban J connectivity index is 1.69. The van der Waals surface area contributed by atoms with Crippen molar-refractivity contribution in [3.8, 4) is 11.5 Å². The number of allylic oxidation sites excluding steroid dienone is 1. The molecule has 224 valence electrons. The predicted octanol–water partition coefficient (Wildman–Crippen LogP) is 9.15. The first-order valence-electron chi connectivity index (χ1n) is 15.3. The van der Waals surface area contributed by atoms with Crippen molar-refractivity contribution in [3.63, 3.8) is 0 Å². The van der Waals surface area contributed by atoms with E-state index in [-0.39, 0.29) is 53.1 Å². The summed E-state index contributed by atoms with van der Waals surface area (Å²) in [6, 6.07) is 10.4. The van der Waals surface area contributed by atoms with E-state index in [4.69, 9.17) is 4.74 Å². The molecule has 4 atom stereocenters. The van der Waals surface area contributed by atoms with Gasteiger partial charge in [-0.15, -0.1) is 0 Å². The van der Waals surface area contributed by atoms with Gasteiger partial charge >= 0.3 is 5.97 Å². The van der Waals surface area contributed by atoms with Crippen LogP contribution >= 0.6 is 0 Å². The molecule has 0 heterocycles. The quantitative estimate of drug-likeness (QED) is 0.172. The summed E-state index contributed by atoms with van der Waals surface area (Å²) in [5.41, 5.74) is 2.27. The first kappa shape index (κ1) is 31.1. The summed E-state index contributed by atoms with van der Waals surface area (Å²) >= 11 is 0. The zero-order valence-corrected chi connectivity index (χ0v) is 26.2. The molecule has 3 aliphatic carbocycles. The molecule has 5 heteroatoms. The van der Waals surface area contributed by atoms with Crippen molar-refractivity contribution in [2.75, 3.05) is 6.61 Å². The minimum Gasteiger partial charge on any atom is -0.507 e. The Bertz CT molecular complexity index is 1280. The highest BCUT2D eigenvalue weighted by atomic mass is 19.1. The van der Waals surface area contributed by atoms with E-state index in [1.54, 1.807) is 24.3 Å². The summed E-state index contributed by atoms with van der Waals surface area (Å²) in [6.07, 6.45) is 7.13. The normalized spacial score (nSPS) is 22.5. The van der Waals surface area contributed by atoms with Crippen LogP contribution in [0.25, 0.3) is 0 Å². The van der Waals surface area contributed by atoms with Gasteiger partial charge in [0.05, 0.1) is 5.41 Å². The fourth-order valence-electron chi connectivity index (χ4n) is 7.26. The number of phenolic OH excluding ortho intramolecular Hbond substituents is 2. The average Bonchev–Trinajstić information content (AvgIpc) is 2.88. The van der Waals surface area contributed by atoms with Gasteiger partial charge in [-0.05, 0) is 103 Å². The molecular formula is C36H49FO4. The fraction of sp³-hybridized carbons (Fsp3) is 0.583. The van der Waals surface area contributed by atoms with Crippen LogP contribution in [0.2, 0.25) is 0 Å². The maximum atomic E-state index is 14.3. The second-order valence-corrected chi connectivity index (χ2v) is 14.6.